The van der Waals surface area contributed by atoms with Gasteiger partial charge in [-0.05, 0) is 12.8 Å². The van der Waals surface area contributed by atoms with Gasteiger partial charge >= 0.3 is 5.97 Å². The van der Waals surface area contributed by atoms with Crippen molar-refractivity contribution in [2.75, 3.05) is 6.61 Å². The van der Waals surface area contributed by atoms with E-state index in [0.717, 1.165) is 44.9 Å². The fourth-order valence-corrected chi connectivity index (χ4v) is 5.19. The zero-order valence-corrected chi connectivity index (χ0v) is 23.4. The highest BCUT2D eigenvalue weighted by molar-refractivity contribution is 7.87. The molecule has 1 unspecified atom stereocenters. The molecule has 0 saturated heterocycles. The number of unbranched alkanes of at least 4 members (excludes halogenated alkanes) is 20. The van der Waals surface area contributed by atoms with E-state index >= 15 is 0 Å². The summed E-state index contributed by atoms with van der Waals surface area (Å²) in [6, 6.07) is 0. The molecule has 0 radical (unpaired) electrons. The quantitative estimate of drug-likeness (QED) is 0.0723. The average molecular weight is 505 g/mol. The fourth-order valence-electron chi connectivity index (χ4n) is 4.41. The van der Waals surface area contributed by atoms with E-state index < -0.39 is 21.3 Å². The van der Waals surface area contributed by atoms with Crippen molar-refractivity contribution in [3.8, 4) is 0 Å². The minimum Gasteiger partial charge on any atom is -0.465 e. The second-order valence-electron chi connectivity index (χ2n) is 10.0. The maximum atomic E-state index is 12.2. The van der Waals surface area contributed by atoms with E-state index in [1.165, 1.54) is 89.9 Å². The van der Waals surface area contributed by atoms with Gasteiger partial charge < -0.3 is 4.74 Å². The summed E-state index contributed by atoms with van der Waals surface area (Å²) in [5, 5.41) is -1.43. The van der Waals surface area contributed by atoms with Crippen molar-refractivity contribution in [2.45, 2.75) is 167 Å². The zero-order valence-electron chi connectivity index (χ0n) is 22.5. The van der Waals surface area contributed by atoms with Gasteiger partial charge in [0, 0.05) is 0 Å². The largest absolute Gasteiger partial charge is 0.465 e. The Labute approximate surface area is 211 Å². The van der Waals surface area contributed by atoms with Crippen LogP contribution in [0.5, 0.6) is 0 Å². The second-order valence-corrected chi connectivity index (χ2v) is 11.6. The van der Waals surface area contributed by atoms with Gasteiger partial charge in [0.2, 0.25) is 0 Å². The first-order valence-electron chi connectivity index (χ1n) is 14.6. The van der Waals surface area contributed by atoms with Gasteiger partial charge in [0.1, 0.15) is 0 Å². The molecule has 1 atom stereocenters. The molecule has 204 valence electrons. The first kappa shape index (κ1) is 33.4. The maximum absolute atomic E-state index is 12.2. The predicted octanol–water partition coefficient (Wildman–Crippen LogP) is 8.80. The average Bonchev–Trinajstić information content (AvgIpc) is 2.79. The molecule has 0 rings (SSSR count). The van der Waals surface area contributed by atoms with Crippen LogP contribution >= 0.6 is 0 Å². The third kappa shape index (κ3) is 21.9. The lowest BCUT2D eigenvalue weighted by molar-refractivity contribution is -0.143. The summed E-state index contributed by atoms with van der Waals surface area (Å²) in [4.78, 5) is 12.2. The van der Waals surface area contributed by atoms with Gasteiger partial charge in [-0.3, -0.25) is 9.35 Å². The summed E-state index contributed by atoms with van der Waals surface area (Å²) in [7, 11) is -4.41. The first-order valence-corrected chi connectivity index (χ1v) is 16.1. The number of hydrogen-bond donors (Lipinski definition) is 1. The summed E-state index contributed by atoms with van der Waals surface area (Å²) < 4.78 is 37.7. The normalized spacial score (nSPS) is 12.7. The summed E-state index contributed by atoms with van der Waals surface area (Å²) in [6.45, 7) is 4.64. The topological polar surface area (TPSA) is 80.7 Å². The van der Waals surface area contributed by atoms with Crippen LogP contribution in [-0.2, 0) is 19.6 Å². The second kappa shape index (κ2) is 24.1. The number of esters is 1. The minimum absolute atomic E-state index is 0.142. The van der Waals surface area contributed by atoms with Crippen LogP contribution in [0.15, 0.2) is 0 Å². The fraction of sp³-hybridized carbons (Fsp3) is 0.964. The standard InChI is InChI=1S/C28H56O5S/c1-3-5-7-9-11-12-13-14-15-16-17-18-19-20-22-24-26-33-28(29)27(34(30,31)32)25-23-21-10-8-6-4-2/h27H,3-26H2,1-2H3,(H,30,31,32). The lowest BCUT2D eigenvalue weighted by atomic mass is 10.0. The molecule has 5 nitrogen and oxygen atoms in total. The molecule has 0 aromatic rings. The molecule has 0 bridgehead atoms. The molecule has 0 fully saturated rings. The third-order valence-corrected chi connectivity index (χ3v) is 7.83. The molecule has 1 N–H and O–H groups in total. The molecule has 0 heterocycles. The van der Waals surface area contributed by atoms with Crippen LogP contribution in [0.4, 0.5) is 0 Å². The summed E-state index contributed by atoms with van der Waals surface area (Å²) in [5.41, 5.74) is 0. The van der Waals surface area contributed by atoms with Gasteiger partial charge in [-0.15, -0.1) is 0 Å². The third-order valence-electron chi connectivity index (χ3n) is 6.68. The SMILES string of the molecule is CCCCCCCCCCCCCCCCCCOC(=O)C(CCCCCCCC)S(=O)(=O)O. The van der Waals surface area contributed by atoms with Crippen molar-refractivity contribution in [2.24, 2.45) is 0 Å². The molecule has 0 aromatic carbocycles. The Hall–Kier alpha value is -0.620. The monoisotopic (exact) mass is 504 g/mol. The Morgan fingerprint density at radius 2 is 0.912 bits per heavy atom. The van der Waals surface area contributed by atoms with Gasteiger partial charge in [-0.1, -0.05) is 149 Å². The van der Waals surface area contributed by atoms with Gasteiger partial charge in [0.05, 0.1) is 6.61 Å². The van der Waals surface area contributed by atoms with Crippen molar-refractivity contribution < 1.29 is 22.5 Å². The van der Waals surface area contributed by atoms with Crippen molar-refractivity contribution >= 4 is 16.1 Å². The highest BCUT2D eigenvalue weighted by Crippen LogP contribution is 2.16. The smallest absolute Gasteiger partial charge is 0.326 e. The van der Waals surface area contributed by atoms with E-state index in [1.807, 2.05) is 0 Å². The molecule has 0 aliphatic carbocycles. The molecular formula is C28H56O5S. The maximum Gasteiger partial charge on any atom is 0.326 e. The Kier molecular flexibility index (Phi) is 23.7. The Balaban J connectivity index is 3.61. The van der Waals surface area contributed by atoms with E-state index in [-0.39, 0.29) is 13.0 Å². The number of carbonyl (C=O) groups excluding carboxylic acids is 1. The summed E-state index contributed by atoms with van der Waals surface area (Å²) in [5.74, 6) is -0.794. The highest BCUT2D eigenvalue weighted by Gasteiger charge is 2.31. The van der Waals surface area contributed by atoms with Crippen molar-refractivity contribution in [1.29, 1.82) is 0 Å². The Bertz CT molecular complexity index is 547. The predicted molar refractivity (Wildman–Crippen MR) is 144 cm³/mol. The molecule has 34 heavy (non-hydrogen) atoms. The van der Waals surface area contributed by atoms with E-state index in [0.29, 0.717) is 6.42 Å². The number of rotatable bonds is 26. The van der Waals surface area contributed by atoms with Crippen LogP contribution in [0, 0.1) is 0 Å². The molecule has 0 aliphatic heterocycles. The Morgan fingerprint density at radius 3 is 1.26 bits per heavy atom. The summed E-state index contributed by atoms with van der Waals surface area (Å²) >= 11 is 0. The number of ether oxygens (including phenoxy) is 1. The van der Waals surface area contributed by atoms with Gasteiger partial charge in [-0.2, -0.15) is 8.42 Å². The van der Waals surface area contributed by atoms with E-state index in [9.17, 15) is 17.8 Å². The van der Waals surface area contributed by atoms with Crippen molar-refractivity contribution in [1.82, 2.24) is 0 Å². The van der Waals surface area contributed by atoms with Crippen LogP contribution in [0.1, 0.15) is 162 Å². The van der Waals surface area contributed by atoms with Gasteiger partial charge in [0.25, 0.3) is 10.1 Å². The minimum atomic E-state index is -4.41. The van der Waals surface area contributed by atoms with E-state index in [2.05, 4.69) is 13.8 Å². The molecule has 0 spiro atoms. The Morgan fingerprint density at radius 1 is 0.588 bits per heavy atom. The van der Waals surface area contributed by atoms with Crippen LogP contribution in [0.25, 0.3) is 0 Å². The van der Waals surface area contributed by atoms with Crippen LogP contribution < -0.4 is 0 Å². The van der Waals surface area contributed by atoms with Crippen molar-refractivity contribution in [3.63, 3.8) is 0 Å². The van der Waals surface area contributed by atoms with Crippen LogP contribution in [0.2, 0.25) is 0 Å². The van der Waals surface area contributed by atoms with Gasteiger partial charge in [-0.25, -0.2) is 0 Å². The summed E-state index contributed by atoms with van der Waals surface area (Å²) in [6.07, 6.45) is 26.5. The molecule has 0 saturated carbocycles. The zero-order chi connectivity index (χ0) is 25.3. The van der Waals surface area contributed by atoms with Gasteiger partial charge in [0.15, 0.2) is 5.25 Å². The lowest BCUT2D eigenvalue weighted by Gasteiger charge is -2.13. The van der Waals surface area contributed by atoms with Crippen molar-refractivity contribution in [3.05, 3.63) is 0 Å². The molecule has 6 heteroatoms. The molecule has 0 amide bonds. The van der Waals surface area contributed by atoms with Crippen LogP contribution in [0.3, 0.4) is 0 Å². The van der Waals surface area contributed by atoms with E-state index in [4.69, 9.17) is 4.74 Å². The van der Waals surface area contributed by atoms with Crippen LogP contribution in [-0.4, -0.2) is 30.8 Å². The molecule has 0 aliphatic rings. The highest BCUT2D eigenvalue weighted by atomic mass is 32.2. The lowest BCUT2D eigenvalue weighted by Crippen LogP contribution is -2.32. The molecule has 0 aromatic heterocycles. The number of carbonyl (C=O) groups is 1. The molecular weight excluding hydrogens is 448 g/mol. The number of hydrogen-bond acceptors (Lipinski definition) is 4. The van der Waals surface area contributed by atoms with E-state index in [1.54, 1.807) is 0 Å². The first-order chi connectivity index (χ1) is 16.4.